The van der Waals surface area contributed by atoms with Crippen LogP contribution in [0.2, 0.25) is 0 Å². The van der Waals surface area contributed by atoms with Crippen molar-refractivity contribution in [3.8, 4) is 0 Å². The van der Waals surface area contributed by atoms with Crippen LogP contribution in [0.25, 0.3) is 11.0 Å². The van der Waals surface area contributed by atoms with Crippen molar-refractivity contribution < 1.29 is 0 Å². The zero-order chi connectivity index (χ0) is 14.5. The van der Waals surface area contributed by atoms with E-state index >= 15 is 0 Å². The van der Waals surface area contributed by atoms with Crippen LogP contribution < -0.4 is 5.32 Å². The van der Waals surface area contributed by atoms with E-state index in [2.05, 4.69) is 33.4 Å². The van der Waals surface area contributed by atoms with Gasteiger partial charge in [-0.1, -0.05) is 13.0 Å². The van der Waals surface area contributed by atoms with Crippen molar-refractivity contribution in [1.29, 1.82) is 0 Å². The summed E-state index contributed by atoms with van der Waals surface area (Å²) in [5.74, 6) is 0. The summed E-state index contributed by atoms with van der Waals surface area (Å²) in [5, 5.41) is 8.90. The molecular formula is C16H19N5. The normalized spacial score (nSPS) is 11.1. The van der Waals surface area contributed by atoms with Gasteiger partial charge in [0.25, 0.3) is 0 Å². The van der Waals surface area contributed by atoms with Crippen molar-refractivity contribution in [2.45, 2.75) is 26.4 Å². The van der Waals surface area contributed by atoms with Crippen LogP contribution in [0, 0.1) is 0 Å². The maximum atomic E-state index is 4.56. The Bertz CT molecular complexity index is 705. The number of rotatable bonds is 6. The van der Waals surface area contributed by atoms with Crippen LogP contribution in [0.5, 0.6) is 0 Å². The van der Waals surface area contributed by atoms with Crippen molar-refractivity contribution >= 4 is 11.0 Å². The second-order valence-corrected chi connectivity index (χ2v) is 5.10. The van der Waals surface area contributed by atoms with Gasteiger partial charge in [-0.2, -0.15) is 5.10 Å². The molecule has 0 amide bonds. The summed E-state index contributed by atoms with van der Waals surface area (Å²) in [6.07, 6.45) is 8.57. The number of hydrogen-bond acceptors (Lipinski definition) is 4. The molecule has 0 aliphatic rings. The molecule has 0 aliphatic heterocycles. The number of hydrogen-bond donors (Lipinski definition) is 1. The van der Waals surface area contributed by atoms with Gasteiger partial charge in [0, 0.05) is 30.5 Å². The molecule has 0 atom stereocenters. The highest BCUT2D eigenvalue weighted by atomic mass is 15.3. The van der Waals surface area contributed by atoms with Crippen LogP contribution in [0.15, 0.2) is 43.0 Å². The van der Waals surface area contributed by atoms with Gasteiger partial charge < -0.3 is 5.32 Å². The third-order valence-corrected chi connectivity index (χ3v) is 3.34. The molecule has 3 rings (SSSR count). The molecule has 0 unspecified atom stereocenters. The topological polar surface area (TPSA) is 55.6 Å². The van der Waals surface area contributed by atoms with E-state index in [1.165, 1.54) is 5.56 Å². The molecule has 3 aromatic heterocycles. The van der Waals surface area contributed by atoms with Crippen molar-refractivity contribution in [3.05, 3.63) is 54.1 Å². The Morgan fingerprint density at radius 1 is 1.19 bits per heavy atom. The Balaban J connectivity index is 1.79. The van der Waals surface area contributed by atoms with Gasteiger partial charge in [-0.05, 0) is 36.2 Å². The minimum Gasteiger partial charge on any atom is -0.313 e. The first-order valence-electron chi connectivity index (χ1n) is 7.27. The molecule has 0 bridgehead atoms. The van der Waals surface area contributed by atoms with Gasteiger partial charge in [0.05, 0.1) is 12.7 Å². The van der Waals surface area contributed by atoms with E-state index in [4.69, 9.17) is 0 Å². The lowest BCUT2D eigenvalue weighted by molar-refractivity contribution is 0.673. The molecule has 21 heavy (non-hydrogen) atoms. The van der Waals surface area contributed by atoms with Gasteiger partial charge in [0.1, 0.15) is 0 Å². The van der Waals surface area contributed by atoms with E-state index in [1.54, 1.807) is 6.20 Å². The third-order valence-electron chi connectivity index (χ3n) is 3.34. The summed E-state index contributed by atoms with van der Waals surface area (Å²) in [6, 6.07) is 6.13. The van der Waals surface area contributed by atoms with E-state index < -0.39 is 0 Å². The summed E-state index contributed by atoms with van der Waals surface area (Å²) in [5.41, 5.74) is 3.23. The zero-order valence-electron chi connectivity index (χ0n) is 12.2. The third kappa shape index (κ3) is 3.25. The lowest BCUT2D eigenvalue weighted by Crippen LogP contribution is -2.13. The second-order valence-electron chi connectivity index (χ2n) is 5.10. The van der Waals surface area contributed by atoms with Gasteiger partial charge >= 0.3 is 0 Å². The van der Waals surface area contributed by atoms with Crippen molar-refractivity contribution in [2.24, 2.45) is 0 Å². The van der Waals surface area contributed by atoms with Gasteiger partial charge in [-0.15, -0.1) is 0 Å². The molecule has 0 aliphatic carbocycles. The molecule has 0 saturated carbocycles. The summed E-state index contributed by atoms with van der Waals surface area (Å²) >= 11 is 0. The minimum absolute atomic E-state index is 0.692. The average molecular weight is 281 g/mol. The Kier molecular flexibility index (Phi) is 4.21. The Morgan fingerprint density at radius 2 is 2.14 bits per heavy atom. The molecular weight excluding hydrogens is 262 g/mol. The van der Waals surface area contributed by atoms with Crippen LogP contribution in [-0.4, -0.2) is 26.3 Å². The Hall–Kier alpha value is -2.27. The number of nitrogens with one attached hydrogen (secondary N) is 1. The van der Waals surface area contributed by atoms with Crippen molar-refractivity contribution in [1.82, 2.24) is 25.1 Å². The summed E-state index contributed by atoms with van der Waals surface area (Å²) in [4.78, 5) is 8.69. The van der Waals surface area contributed by atoms with Crippen LogP contribution in [0.4, 0.5) is 0 Å². The van der Waals surface area contributed by atoms with E-state index in [0.717, 1.165) is 36.1 Å². The SMILES string of the molecule is CCCNCc1cnc2c(cnn2Cc2cccnc2)c1. The number of aromatic nitrogens is 4. The molecule has 5 nitrogen and oxygen atoms in total. The minimum atomic E-state index is 0.692. The molecule has 0 saturated heterocycles. The first kappa shape index (κ1) is 13.7. The average Bonchev–Trinajstić information content (AvgIpc) is 2.91. The van der Waals surface area contributed by atoms with E-state index in [0.29, 0.717) is 6.54 Å². The largest absolute Gasteiger partial charge is 0.313 e. The standard InChI is InChI=1S/C16H19N5/c1-2-5-17-9-14-7-15-11-20-21(16(15)19-10-14)12-13-4-3-6-18-8-13/h3-4,6-8,10-11,17H,2,5,9,12H2,1H3. The van der Waals surface area contributed by atoms with Gasteiger partial charge in [0.15, 0.2) is 5.65 Å². The quantitative estimate of drug-likeness (QED) is 0.705. The second kappa shape index (κ2) is 6.45. The highest BCUT2D eigenvalue weighted by Crippen LogP contribution is 2.14. The first-order chi connectivity index (χ1) is 10.4. The number of nitrogens with zero attached hydrogens (tertiary/aromatic N) is 4. The van der Waals surface area contributed by atoms with Crippen molar-refractivity contribution in [3.63, 3.8) is 0 Å². The highest BCUT2D eigenvalue weighted by molar-refractivity contribution is 5.75. The molecule has 0 aromatic carbocycles. The van der Waals surface area contributed by atoms with Gasteiger partial charge in [-0.25, -0.2) is 9.67 Å². The lowest BCUT2D eigenvalue weighted by atomic mass is 10.2. The molecule has 0 fully saturated rings. The molecule has 5 heteroatoms. The van der Waals surface area contributed by atoms with Crippen LogP contribution >= 0.6 is 0 Å². The zero-order valence-corrected chi connectivity index (χ0v) is 12.2. The maximum Gasteiger partial charge on any atom is 0.158 e. The molecule has 0 spiro atoms. The molecule has 3 heterocycles. The smallest absolute Gasteiger partial charge is 0.158 e. The lowest BCUT2D eigenvalue weighted by Gasteiger charge is -2.05. The summed E-state index contributed by atoms with van der Waals surface area (Å²) in [7, 11) is 0. The van der Waals surface area contributed by atoms with Crippen LogP contribution in [0.3, 0.4) is 0 Å². The van der Waals surface area contributed by atoms with Gasteiger partial charge in [-0.3, -0.25) is 4.98 Å². The fraction of sp³-hybridized carbons (Fsp3) is 0.312. The van der Waals surface area contributed by atoms with E-state index in [9.17, 15) is 0 Å². The van der Waals surface area contributed by atoms with Crippen LogP contribution in [0.1, 0.15) is 24.5 Å². The fourth-order valence-electron chi connectivity index (χ4n) is 2.30. The molecule has 108 valence electrons. The number of pyridine rings is 2. The Morgan fingerprint density at radius 3 is 2.95 bits per heavy atom. The molecule has 0 radical (unpaired) electrons. The predicted octanol–water partition coefficient (Wildman–Crippen LogP) is 2.37. The van der Waals surface area contributed by atoms with Crippen molar-refractivity contribution in [2.75, 3.05) is 6.54 Å². The van der Waals surface area contributed by atoms with E-state index in [-0.39, 0.29) is 0 Å². The number of fused-ring (bicyclic) bond motifs is 1. The monoisotopic (exact) mass is 281 g/mol. The summed E-state index contributed by atoms with van der Waals surface area (Å²) in [6.45, 7) is 4.73. The van der Waals surface area contributed by atoms with E-state index in [1.807, 2.05) is 35.4 Å². The highest BCUT2D eigenvalue weighted by Gasteiger charge is 2.06. The molecule has 3 aromatic rings. The van der Waals surface area contributed by atoms with Gasteiger partial charge in [0.2, 0.25) is 0 Å². The van der Waals surface area contributed by atoms with Crippen LogP contribution in [-0.2, 0) is 13.1 Å². The maximum absolute atomic E-state index is 4.56. The first-order valence-corrected chi connectivity index (χ1v) is 7.27. The summed E-state index contributed by atoms with van der Waals surface area (Å²) < 4.78 is 1.91. The fourth-order valence-corrected chi connectivity index (χ4v) is 2.30. The Labute approximate surface area is 124 Å². The molecule has 1 N–H and O–H groups in total. The predicted molar refractivity (Wildman–Crippen MR) is 82.9 cm³/mol.